The van der Waals surface area contributed by atoms with Crippen LogP contribution in [-0.2, 0) is 13.0 Å². The number of anilines is 1. The molecule has 3 aromatic heterocycles. The number of rotatable bonds is 2. The van der Waals surface area contributed by atoms with Gasteiger partial charge >= 0.3 is 0 Å². The van der Waals surface area contributed by atoms with Gasteiger partial charge in [0.2, 0.25) is 5.95 Å². The zero-order chi connectivity index (χ0) is 14.8. The molecule has 0 radical (unpaired) electrons. The van der Waals surface area contributed by atoms with E-state index in [1.165, 1.54) is 0 Å². The lowest BCUT2D eigenvalue weighted by atomic mass is 10.1. The lowest BCUT2D eigenvalue weighted by molar-refractivity contribution is 0.686. The largest absolute Gasteiger partial charge is 0.336 e. The van der Waals surface area contributed by atoms with E-state index < -0.39 is 0 Å². The second kappa shape index (κ2) is 5.48. The maximum absolute atomic E-state index is 4.67. The van der Waals surface area contributed by atoms with Crippen LogP contribution in [0.2, 0.25) is 0 Å². The number of pyridine rings is 1. The van der Waals surface area contributed by atoms with Crippen molar-refractivity contribution in [1.82, 2.24) is 24.9 Å². The molecule has 0 unspecified atom stereocenters. The molecule has 4 rings (SSSR count). The summed E-state index contributed by atoms with van der Waals surface area (Å²) >= 11 is 0. The van der Waals surface area contributed by atoms with Crippen LogP contribution in [0.25, 0.3) is 11.5 Å². The van der Waals surface area contributed by atoms with Gasteiger partial charge in [0.15, 0.2) is 5.82 Å². The van der Waals surface area contributed by atoms with E-state index in [-0.39, 0.29) is 0 Å². The molecule has 0 bridgehead atoms. The highest BCUT2D eigenvalue weighted by Crippen LogP contribution is 2.21. The number of hydrogen-bond donors (Lipinski definition) is 0. The van der Waals surface area contributed by atoms with E-state index in [1.54, 1.807) is 18.6 Å². The first-order valence-electron chi connectivity index (χ1n) is 7.18. The van der Waals surface area contributed by atoms with Crippen molar-refractivity contribution in [3.05, 3.63) is 60.3 Å². The molecule has 22 heavy (non-hydrogen) atoms. The van der Waals surface area contributed by atoms with Crippen LogP contribution in [0.5, 0.6) is 0 Å². The van der Waals surface area contributed by atoms with Crippen LogP contribution in [0.3, 0.4) is 0 Å². The SMILES string of the molecule is c1ccc(-c2ncc3c(n2)CCN(c2ncccn2)C3)nc1. The predicted molar refractivity (Wildman–Crippen MR) is 82.0 cm³/mol. The van der Waals surface area contributed by atoms with Crippen molar-refractivity contribution in [2.45, 2.75) is 13.0 Å². The lowest BCUT2D eigenvalue weighted by Gasteiger charge is -2.27. The Hall–Kier alpha value is -2.89. The van der Waals surface area contributed by atoms with Crippen LogP contribution in [0.15, 0.2) is 49.1 Å². The van der Waals surface area contributed by atoms with Gasteiger partial charge in [-0.25, -0.2) is 19.9 Å². The van der Waals surface area contributed by atoms with E-state index in [0.717, 1.165) is 42.4 Å². The van der Waals surface area contributed by atoms with Gasteiger partial charge in [-0.3, -0.25) is 4.98 Å². The van der Waals surface area contributed by atoms with E-state index in [9.17, 15) is 0 Å². The summed E-state index contributed by atoms with van der Waals surface area (Å²) in [6.07, 6.45) is 8.03. The van der Waals surface area contributed by atoms with Crippen molar-refractivity contribution in [2.24, 2.45) is 0 Å². The standard InChI is InChI=1S/C16H14N6/c1-2-6-17-14(4-1)15-20-10-12-11-22(9-5-13(12)21-15)16-18-7-3-8-19-16/h1-4,6-8,10H,5,9,11H2. The van der Waals surface area contributed by atoms with Crippen LogP contribution in [0, 0.1) is 0 Å². The monoisotopic (exact) mass is 290 g/mol. The minimum atomic E-state index is 0.684. The summed E-state index contributed by atoms with van der Waals surface area (Å²) in [6, 6.07) is 7.58. The van der Waals surface area contributed by atoms with E-state index in [0.29, 0.717) is 5.82 Å². The Morgan fingerprint density at radius 1 is 0.909 bits per heavy atom. The zero-order valence-electron chi connectivity index (χ0n) is 11.9. The number of fused-ring (bicyclic) bond motifs is 1. The van der Waals surface area contributed by atoms with E-state index >= 15 is 0 Å². The third kappa shape index (κ3) is 2.39. The van der Waals surface area contributed by atoms with Gasteiger partial charge in [0, 0.05) is 49.9 Å². The fraction of sp³-hybridized carbons (Fsp3) is 0.188. The highest BCUT2D eigenvalue weighted by Gasteiger charge is 2.20. The maximum Gasteiger partial charge on any atom is 0.225 e. The molecule has 0 saturated carbocycles. The molecule has 0 fully saturated rings. The van der Waals surface area contributed by atoms with Crippen molar-refractivity contribution >= 4 is 5.95 Å². The molecule has 4 heterocycles. The molecular formula is C16H14N6. The Morgan fingerprint density at radius 3 is 2.59 bits per heavy atom. The van der Waals surface area contributed by atoms with Crippen LogP contribution in [-0.4, -0.2) is 31.5 Å². The molecule has 1 aliphatic heterocycles. The summed E-state index contributed by atoms with van der Waals surface area (Å²) in [7, 11) is 0. The fourth-order valence-electron chi connectivity index (χ4n) is 2.56. The molecule has 0 N–H and O–H groups in total. The molecule has 108 valence electrons. The Morgan fingerprint density at radius 2 is 1.77 bits per heavy atom. The van der Waals surface area contributed by atoms with Crippen molar-refractivity contribution in [2.75, 3.05) is 11.4 Å². The molecule has 0 atom stereocenters. The lowest BCUT2D eigenvalue weighted by Crippen LogP contribution is -2.32. The first-order valence-corrected chi connectivity index (χ1v) is 7.18. The van der Waals surface area contributed by atoms with E-state index in [4.69, 9.17) is 0 Å². The van der Waals surface area contributed by atoms with Gasteiger partial charge in [0.25, 0.3) is 0 Å². The number of hydrogen-bond acceptors (Lipinski definition) is 6. The second-order valence-corrected chi connectivity index (χ2v) is 5.10. The van der Waals surface area contributed by atoms with Gasteiger partial charge in [-0.05, 0) is 18.2 Å². The number of nitrogens with zero attached hydrogens (tertiary/aromatic N) is 6. The van der Waals surface area contributed by atoms with Gasteiger partial charge in [0.1, 0.15) is 5.69 Å². The quantitative estimate of drug-likeness (QED) is 0.718. The minimum Gasteiger partial charge on any atom is -0.336 e. The molecular weight excluding hydrogens is 276 g/mol. The van der Waals surface area contributed by atoms with Crippen LogP contribution in [0.1, 0.15) is 11.3 Å². The summed E-state index contributed by atoms with van der Waals surface area (Å²) in [6.45, 7) is 1.59. The highest BCUT2D eigenvalue weighted by molar-refractivity contribution is 5.49. The molecule has 0 amide bonds. The molecule has 0 saturated heterocycles. The average Bonchev–Trinajstić information content (AvgIpc) is 2.62. The first kappa shape index (κ1) is 12.8. The van der Waals surface area contributed by atoms with Crippen LogP contribution < -0.4 is 4.90 Å². The first-order chi connectivity index (χ1) is 10.9. The van der Waals surface area contributed by atoms with Gasteiger partial charge < -0.3 is 4.90 Å². The second-order valence-electron chi connectivity index (χ2n) is 5.10. The van der Waals surface area contributed by atoms with Crippen LogP contribution in [0.4, 0.5) is 5.95 Å². The summed E-state index contributed by atoms with van der Waals surface area (Å²) < 4.78 is 0. The minimum absolute atomic E-state index is 0.684. The van der Waals surface area contributed by atoms with E-state index in [2.05, 4.69) is 29.8 Å². The summed E-state index contributed by atoms with van der Waals surface area (Å²) in [5, 5.41) is 0. The third-order valence-electron chi connectivity index (χ3n) is 3.66. The van der Waals surface area contributed by atoms with Crippen LogP contribution >= 0.6 is 0 Å². The molecule has 6 heteroatoms. The normalized spacial score (nSPS) is 13.7. The Balaban J connectivity index is 1.62. The molecule has 6 nitrogen and oxygen atoms in total. The Bertz CT molecular complexity index is 775. The molecule has 0 aliphatic carbocycles. The Kier molecular flexibility index (Phi) is 3.19. The predicted octanol–water partition coefficient (Wildman–Crippen LogP) is 1.89. The maximum atomic E-state index is 4.67. The molecule has 0 spiro atoms. The summed E-state index contributed by atoms with van der Waals surface area (Å²) in [5.41, 5.74) is 3.01. The van der Waals surface area contributed by atoms with Crippen molar-refractivity contribution in [1.29, 1.82) is 0 Å². The molecule has 1 aliphatic rings. The van der Waals surface area contributed by atoms with Crippen molar-refractivity contribution < 1.29 is 0 Å². The Labute approximate surface area is 127 Å². The summed E-state index contributed by atoms with van der Waals surface area (Å²) in [4.78, 5) is 24.2. The topological polar surface area (TPSA) is 67.7 Å². The van der Waals surface area contributed by atoms with Gasteiger partial charge in [-0.1, -0.05) is 6.07 Å². The van der Waals surface area contributed by atoms with E-state index in [1.807, 2.05) is 30.5 Å². The number of aromatic nitrogens is 5. The smallest absolute Gasteiger partial charge is 0.225 e. The van der Waals surface area contributed by atoms with Gasteiger partial charge in [-0.2, -0.15) is 0 Å². The zero-order valence-corrected chi connectivity index (χ0v) is 11.9. The fourth-order valence-corrected chi connectivity index (χ4v) is 2.56. The highest BCUT2D eigenvalue weighted by atomic mass is 15.2. The van der Waals surface area contributed by atoms with Gasteiger partial charge in [0.05, 0.1) is 5.69 Å². The van der Waals surface area contributed by atoms with Crippen molar-refractivity contribution in [3.8, 4) is 11.5 Å². The van der Waals surface area contributed by atoms with Gasteiger partial charge in [-0.15, -0.1) is 0 Å². The summed E-state index contributed by atoms with van der Waals surface area (Å²) in [5.74, 6) is 1.44. The molecule has 0 aromatic carbocycles. The van der Waals surface area contributed by atoms with Crippen molar-refractivity contribution in [3.63, 3.8) is 0 Å². The average molecular weight is 290 g/mol. The molecule has 3 aromatic rings. The third-order valence-corrected chi connectivity index (χ3v) is 3.66.